The molecular formula is C12H24N2O. The second-order valence-electron chi connectivity index (χ2n) is 4.44. The topological polar surface area (TPSA) is 24.8 Å². The van der Waals surface area contributed by atoms with E-state index in [4.69, 9.17) is 4.74 Å². The van der Waals surface area contributed by atoms with Crippen LogP contribution in [0.1, 0.15) is 39.5 Å². The van der Waals surface area contributed by atoms with Crippen LogP contribution in [0.25, 0.3) is 0 Å². The molecule has 3 nitrogen and oxygen atoms in total. The van der Waals surface area contributed by atoms with Crippen molar-refractivity contribution in [2.45, 2.75) is 45.6 Å². The van der Waals surface area contributed by atoms with Gasteiger partial charge < -0.3 is 4.74 Å². The lowest BCUT2D eigenvalue weighted by Crippen LogP contribution is -2.28. The molecule has 0 bridgehead atoms. The van der Waals surface area contributed by atoms with Gasteiger partial charge in [0, 0.05) is 19.9 Å². The van der Waals surface area contributed by atoms with Crippen molar-refractivity contribution in [2.24, 2.45) is 11.0 Å². The molecule has 15 heavy (non-hydrogen) atoms. The Bertz CT molecular complexity index is 194. The third-order valence-electron chi connectivity index (χ3n) is 2.92. The third-order valence-corrected chi connectivity index (χ3v) is 2.92. The molecule has 0 aromatic heterocycles. The van der Waals surface area contributed by atoms with E-state index in [2.05, 4.69) is 30.2 Å². The summed E-state index contributed by atoms with van der Waals surface area (Å²) in [6.45, 7) is 6.34. The molecule has 88 valence electrons. The van der Waals surface area contributed by atoms with Gasteiger partial charge in [-0.1, -0.05) is 20.3 Å². The Labute approximate surface area is 93.5 Å². The van der Waals surface area contributed by atoms with E-state index in [1.54, 1.807) is 7.11 Å². The SMILES string of the molecule is CCC[C@@H](C)/C=N/N1CCC[C@@H]1COC. The molecule has 0 saturated carbocycles. The van der Waals surface area contributed by atoms with Crippen molar-refractivity contribution in [2.75, 3.05) is 20.3 Å². The monoisotopic (exact) mass is 212 g/mol. The molecule has 0 radical (unpaired) electrons. The third kappa shape index (κ3) is 4.20. The maximum Gasteiger partial charge on any atom is 0.0704 e. The first-order valence-electron chi connectivity index (χ1n) is 6.07. The average Bonchev–Trinajstić information content (AvgIpc) is 2.64. The van der Waals surface area contributed by atoms with Gasteiger partial charge in [0.05, 0.1) is 12.6 Å². The lowest BCUT2D eigenvalue weighted by atomic mass is 10.1. The number of nitrogens with zero attached hydrogens (tertiary/aromatic N) is 2. The van der Waals surface area contributed by atoms with Gasteiger partial charge >= 0.3 is 0 Å². The van der Waals surface area contributed by atoms with Crippen LogP contribution in [0.3, 0.4) is 0 Å². The van der Waals surface area contributed by atoms with Crippen molar-refractivity contribution in [3.63, 3.8) is 0 Å². The Balaban J connectivity index is 2.35. The highest BCUT2D eigenvalue weighted by Gasteiger charge is 2.22. The molecule has 1 saturated heterocycles. The Kier molecular flexibility index (Phi) is 5.69. The van der Waals surface area contributed by atoms with Gasteiger partial charge in [-0.25, -0.2) is 0 Å². The molecule has 0 amide bonds. The van der Waals surface area contributed by atoms with E-state index in [0.29, 0.717) is 12.0 Å². The molecule has 0 aromatic carbocycles. The van der Waals surface area contributed by atoms with E-state index in [-0.39, 0.29) is 0 Å². The van der Waals surface area contributed by atoms with Crippen molar-refractivity contribution in [1.82, 2.24) is 5.01 Å². The Morgan fingerprint density at radius 1 is 1.60 bits per heavy atom. The van der Waals surface area contributed by atoms with Crippen LogP contribution in [0.4, 0.5) is 0 Å². The molecule has 0 spiro atoms. The summed E-state index contributed by atoms with van der Waals surface area (Å²) >= 11 is 0. The number of hydrogen-bond donors (Lipinski definition) is 0. The summed E-state index contributed by atoms with van der Waals surface area (Å²) < 4.78 is 5.19. The zero-order chi connectivity index (χ0) is 11.1. The fraction of sp³-hybridized carbons (Fsp3) is 0.917. The largest absolute Gasteiger partial charge is 0.382 e. The lowest BCUT2D eigenvalue weighted by Gasteiger charge is -2.20. The van der Waals surface area contributed by atoms with Gasteiger partial charge in [0.1, 0.15) is 0 Å². The maximum absolute atomic E-state index is 5.19. The van der Waals surface area contributed by atoms with Crippen molar-refractivity contribution >= 4 is 6.21 Å². The summed E-state index contributed by atoms with van der Waals surface area (Å²) in [4.78, 5) is 0. The highest BCUT2D eigenvalue weighted by atomic mass is 16.5. The first-order chi connectivity index (χ1) is 7.27. The molecule has 0 N–H and O–H groups in total. The van der Waals surface area contributed by atoms with Gasteiger partial charge in [0.15, 0.2) is 0 Å². The summed E-state index contributed by atoms with van der Waals surface area (Å²) in [5.41, 5.74) is 0. The normalized spacial score (nSPS) is 23.9. The minimum atomic E-state index is 0.500. The zero-order valence-corrected chi connectivity index (χ0v) is 10.3. The highest BCUT2D eigenvalue weighted by molar-refractivity contribution is 5.59. The minimum absolute atomic E-state index is 0.500. The quantitative estimate of drug-likeness (QED) is 0.632. The average molecular weight is 212 g/mol. The predicted molar refractivity (Wildman–Crippen MR) is 64.2 cm³/mol. The van der Waals surface area contributed by atoms with Gasteiger partial charge in [0.25, 0.3) is 0 Å². The molecule has 1 aliphatic rings. The van der Waals surface area contributed by atoms with Crippen molar-refractivity contribution in [1.29, 1.82) is 0 Å². The van der Waals surface area contributed by atoms with E-state index in [9.17, 15) is 0 Å². The lowest BCUT2D eigenvalue weighted by molar-refractivity contribution is 0.118. The second kappa shape index (κ2) is 6.83. The van der Waals surface area contributed by atoms with Crippen LogP contribution >= 0.6 is 0 Å². The fourth-order valence-corrected chi connectivity index (χ4v) is 2.06. The molecule has 3 heteroatoms. The Hall–Kier alpha value is -0.570. The van der Waals surface area contributed by atoms with Gasteiger partial charge in [-0.3, -0.25) is 5.01 Å². The zero-order valence-electron chi connectivity index (χ0n) is 10.3. The van der Waals surface area contributed by atoms with Crippen LogP contribution in [0, 0.1) is 5.92 Å². The molecule has 1 aliphatic heterocycles. The molecule has 0 unspecified atom stereocenters. The minimum Gasteiger partial charge on any atom is -0.382 e. The van der Waals surface area contributed by atoms with E-state index in [1.165, 1.54) is 25.7 Å². The van der Waals surface area contributed by atoms with Crippen LogP contribution in [-0.2, 0) is 4.74 Å². The molecule has 0 aliphatic carbocycles. The van der Waals surface area contributed by atoms with Crippen molar-refractivity contribution < 1.29 is 4.74 Å². The summed E-state index contributed by atoms with van der Waals surface area (Å²) in [5, 5.41) is 6.76. The summed E-state index contributed by atoms with van der Waals surface area (Å²) in [6.07, 6.45) is 7.01. The summed E-state index contributed by atoms with van der Waals surface area (Å²) in [7, 11) is 1.76. The number of rotatable bonds is 6. The van der Waals surface area contributed by atoms with Crippen LogP contribution in [0.15, 0.2) is 5.10 Å². The Morgan fingerprint density at radius 2 is 2.40 bits per heavy atom. The molecule has 0 aromatic rings. The van der Waals surface area contributed by atoms with Crippen molar-refractivity contribution in [3.8, 4) is 0 Å². The number of hydrogen-bond acceptors (Lipinski definition) is 3. The number of ether oxygens (including phenoxy) is 1. The molecule has 1 fully saturated rings. The van der Waals surface area contributed by atoms with Gasteiger partial charge in [-0.2, -0.15) is 5.10 Å². The highest BCUT2D eigenvalue weighted by Crippen LogP contribution is 2.17. The van der Waals surface area contributed by atoms with Crippen LogP contribution in [0.2, 0.25) is 0 Å². The van der Waals surface area contributed by atoms with Crippen LogP contribution in [0.5, 0.6) is 0 Å². The smallest absolute Gasteiger partial charge is 0.0704 e. The maximum atomic E-state index is 5.19. The molecule has 1 rings (SSSR count). The van der Waals surface area contributed by atoms with E-state index in [0.717, 1.165) is 13.2 Å². The van der Waals surface area contributed by atoms with E-state index >= 15 is 0 Å². The van der Waals surface area contributed by atoms with Gasteiger partial charge in [-0.05, 0) is 25.2 Å². The number of hydrazone groups is 1. The Morgan fingerprint density at radius 3 is 3.07 bits per heavy atom. The second-order valence-corrected chi connectivity index (χ2v) is 4.44. The molecule has 2 atom stereocenters. The summed E-state index contributed by atoms with van der Waals surface area (Å²) in [5.74, 6) is 0.596. The molecular weight excluding hydrogens is 188 g/mol. The van der Waals surface area contributed by atoms with E-state index in [1.807, 2.05) is 0 Å². The van der Waals surface area contributed by atoms with Crippen LogP contribution in [-0.4, -0.2) is 37.5 Å². The van der Waals surface area contributed by atoms with E-state index < -0.39 is 0 Å². The standard InChI is InChI=1S/C12H24N2O/c1-4-6-11(2)9-13-14-8-5-7-12(14)10-15-3/h9,11-12H,4-8,10H2,1-3H3/b13-9+/t11-,12-/m1/s1. The number of methoxy groups -OCH3 is 1. The predicted octanol–water partition coefficient (Wildman–Crippen LogP) is 2.52. The molecule has 1 heterocycles. The van der Waals surface area contributed by atoms with Gasteiger partial charge in [0.2, 0.25) is 0 Å². The summed E-state index contributed by atoms with van der Waals surface area (Å²) in [6, 6.07) is 0.500. The van der Waals surface area contributed by atoms with Crippen LogP contribution < -0.4 is 0 Å². The first kappa shape index (κ1) is 12.5. The van der Waals surface area contributed by atoms with Crippen molar-refractivity contribution in [3.05, 3.63) is 0 Å². The first-order valence-corrected chi connectivity index (χ1v) is 6.07. The fourth-order valence-electron chi connectivity index (χ4n) is 2.06. The van der Waals surface area contributed by atoms with Gasteiger partial charge in [-0.15, -0.1) is 0 Å².